The molecule has 0 aliphatic heterocycles. The Kier molecular flexibility index (Phi) is 5.50. The van der Waals surface area contributed by atoms with E-state index in [1.165, 1.54) is 18.3 Å². The molecule has 0 atom stereocenters. The van der Waals surface area contributed by atoms with Gasteiger partial charge in [-0.3, -0.25) is 25.1 Å². The van der Waals surface area contributed by atoms with Crippen LogP contribution >= 0.6 is 0 Å². The molecule has 0 spiro atoms. The van der Waals surface area contributed by atoms with E-state index in [1.807, 2.05) is 30.3 Å². The summed E-state index contributed by atoms with van der Waals surface area (Å²) in [5.41, 5.74) is 5.84. The summed E-state index contributed by atoms with van der Waals surface area (Å²) in [7, 11) is 0. The number of hydrogen-bond donors (Lipinski definition) is 1. The van der Waals surface area contributed by atoms with Crippen LogP contribution < -0.4 is 5.43 Å². The van der Waals surface area contributed by atoms with Gasteiger partial charge in [0.25, 0.3) is 5.69 Å². The van der Waals surface area contributed by atoms with Gasteiger partial charge >= 0.3 is 0 Å². The van der Waals surface area contributed by atoms with Crippen LogP contribution in [0.2, 0.25) is 0 Å². The zero-order valence-corrected chi connectivity index (χ0v) is 19.7. The maximum absolute atomic E-state index is 13.6. The number of carbonyl (C=O) groups excluding carboxylic acids is 2. The molecule has 9 heteroatoms. The van der Waals surface area contributed by atoms with E-state index in [9.17, 15) is 19.7 Å². The van der Waals surface area contributed by atoms with Crippen molar-refractivity contribution in [1.82, 2.24) is 9.97 Å². The molecule has 1 aromatic heterocycles. The minimum Gasteiger partial charge on any atom is -0.289 e. The Bertz CT molecular complexity index is 1800. The van der Waals surface area contributed by atoms with Gasteiger partial charge in [0.2, 0.25) is 0 Å². The molecule has 38 heavy (non-hydrogen) atoms. The summed E-state index contributed by atoms with van der Waals surface area (Å²) in [6, 6.07) is 25.3. The SMILES string of the molecule is O=C1c2ccccc2C(=O)c2c1ccc1c(N/N=C\c3ccc([N+](=O)[O-])cc3)nc(-c3ccccc3)nc21. The zero-order chi connectivity index (χ0) is 26.2. The fraction of sp³-hybridized carbons (Fsp3) is 0. The number of carbonyl (C=O) groups is 2. The summed E-state index contributed by atoms with van der Waals surface area (Å²) in [5.74, 6) is 0.189. The fourth-order valence-electron chi connectivity index (χ4n) is 4.42. The number of benzene rings is 4. The predicted molar refractivity (Wildman–Crippen MR) is 143 cm³/mol. The monoisotopic (exact) mass is 499 g/mol. The van der Waals surface area contributed by atoms with Crippen molar-refractivity contribution in [3.8, 4) is 11.4 Å². The van der Waals surface area contributed by atoms with E-state index in [-0.39, 0.29) is 22.8 Å². The second-order valence-electron chi connectivity index (χ2n) is 8.57. The minimum atomic E-state index is -0.470. The van der Waals surface area contributed by atoms with E-state index in [1.54, 1.807) is 48.5 Å². The molecule has 9 nitrogen and oxygen atoms in total. The molecule has 0 unspecified atom stereocenters. The van der Waals surface area contributed by atoms with E-state index in [0.717, 1.165) is 5.56 Å². The number of hydrogen-bond acceptors (Lipinski definition) is 8. The van der Waals surface area contributed by atoms with Crippen molar-refractivity contribution in [3.63, 3.8) is 0 Å². The Hall–Kier alpha value is -5.57. The summed E-state index contributed by atoms with van der Waals surface area (Å²) in [6.45, 7) is 0. The van der Waals surface area contributed by atoms with Gasteiger partial charge in [-0.15, -0.1) is 0 Å². The third-order valence-corrected chi connectivity index (χ3v) is 6.28. The topological polar surface area (TPSA) is 127 Å². The fourth-order valence-corrected chi connectivity index (χ4v) is 4.42. The van der Waals surface area contributed by atoms with Crippen molar-refractivity contribution in [1.29, 1.82) is 0 Å². The molecule has 0 radical (unpaired) electrons. The summed E-state index contributed by atoms with van der Waals surface area (Å²) in [4.78, 5) is 46.7. The van der Waals surface area contributed by atoms with Crippen molar-refractivity contribution >= 4 is 40.2 Å². The second-order valence-corrected chi connectivity index (χ2v) is 8.57. The van der Waals surface area contributed by atoms with Crippen LogP contribution in [0.4, 0.5) is 11.5 Å². The Morgan fingerprint density at radius 2 is 1.45 bits per heavy atom. The number of ketones is 2. The summed E-state index contributed by atoms with van der Waals surface area (Å²) in [5, 5.41) is 15.7. The number of non-ortho nitro benzene ring substituents is 1. The molecule has 6 rings (SSSR count). The number of anilines is 1. The first kappa shape index (κ1) is 22.9. The molecule has 1 N–H and O–H groups in total. The first-order valence-corrected chi connectivity index (χ1v) is 11.6. The minimum absolute atomic E-state index is 0.0185. The standard InChI is InChI=1S/C29H17N5O4/c35-26-20-8-4-5-9-21(20)27(36)24-22(26)14-15-23-25(24)31-28(18-6-2-1-3-7-18)32-29(23)33-30-16-17-10-12-19(13-11-17)34(37)38/h1-16H,(H,31,32,33)/b30-16-. The van der Waals surface area contributed by atoms with Crippen LogP contribution in [0.3, 0.4) is 0 Å². The average molecular weight is 499 g/mol. The highest BCUT2D eigenvalue weighted by Crippen LogP contribution is 2.35. The van der Waals surface area contributed by atoms with Crippen LogP contribution in [0.25, 0.3) is 22.3 Å². The molecule has 1 heterocycles. The van der Waals surface area contributed by atoms with Crippen molar-refractivity contribution in [2.24, 2.45) is 5.10 Å². The van der Waals surface area contributed by atoms with Crippen LogP contribution in [0.5, 0.6) is 0 Å². The highest BCUT2D eigenvalue weighted by Gasteiger charge is 2.32. The third-order valence-electron chi connectivity index (χ3n) is 6.28. The molecule has 0 saturated heterocycles. The number of nitro benzene ring substituents is 1. The number of hydrazone groups is 1. The molecular weight excluding hydrogens is 482 g/mol. The highest BCUT2D eigenvalue weighted by molar-refractivity contribution is 6.32. The molecular formula is C29H17N5O4. The summed E-state index contributed by atoms with van der Waals surface area (Å²) in [6.07, 6.45) is 1.50. The van der Waals surface area contributed by atoms with Crippen LogP contribution in [0.1, 0.15) is 37.4 Å². The number of nitro groups is 1. The van der Waals surface area contributed by atoms with Gasteiger partial charge in [-0.25, -0.2) is 9.97 Å². The van der Waals surface area contributed by atoms with Crippen molar-refractivity contribution < 1.29 is 14.5 Å². The van der Waals surface area contributed by atoms with Crippen LogP contribution in [0, 0.1) is 10.1 Å². The van der Waals surface area contributed by atoms with Gasteiger partial charge in [-0.05, 0) is 29.8 Å². The van der Waals surface area contributed by atoms with E-state index in [2.05, 4.69) is 15.5 Å². The highest BCUT2D eigenvalue weighted by atomic mass is 16.6. The molecule has 5 aromatic rings. The Balaban J connectivity index is 1.48. The number of rotatable bonds is 5. The van der Waals surface area contributed by atoms with Gasteiger partial charge in [0, 0.05) is 39.8 Å². The number of nitrogens with one attached hydrogen (secondary N) is 1. The molecule has 0 bridgehead atoms. The average Bonchev–Trinajstić information content (AvgIpc) is 2.96. The van der Waals surface area contributed by atoms with Crippen molar-refractivity contribution in [2.45, 2.75) is 0 Å². The molecule has 4 aromatic carbocycles. The molecule has 1 aliphatic rings. The molecule has 182 valence electrons. The Morgan fingerprint density at radius 3 is 2.16 bits per heavy atom. The Morgan fingerprint density at radius 1 is 0.763 bits per heavy atom. The number of fused-ring (bicyclic) bond motifs is 4. The quantitative estimate of drug-likeness (QED) is 0.190. The number of aromatic nitrogens is 2. The van der Waals surface area contributed by atoms with E-state index < -0.39 is 4.92 Å². The lowest BCUT2D eigenvalue weighted by Gasteiger charge is -2.19. The first-order chi connectivity index (χ1) is 18.5. The summed E-state index contributed by atoms with van der Waals surface area (Å²) < 4.78 is 0. The maximum atomic E-state index is 13.6. The second kappa shape index (κ2) is 9.14. The lowest BCUT2D eigenvalue weighted by atomic mass is 9.83. The smallest absolute Gasteiger partial charge is 0.269 e. The molecule has 1 aliphatic carbocycles. The van der Waals surface area contributed by atoms with Crippen molar-refractivity contribution in [3.05, 3.63) is 129 Å². The first-order valence-electron chi connectivity index (χ1n) is 11.6. The molecule has 0 amide bonds. The van der Waals surface area contributed by atoms with E-state index in [4.69, 9.17) is 4.98 Å². The van der Waals surface area contributed by atoms with E-state index in [0.29, 0.717) is 44.8 Å². The van der Waals surface area contributed by atoms with Crippen LogP contribution in [-0.2, 0) is 0 Å². The van der Waals surface area contributed by atoms with Gasteiger partial charge in [0.15, 0.2) is 23.2 Å². The lowest BCUT2D eigenvalue weighted by molar-refractivity contribution is -0.384. The molecule has 0 fully saturated rings. The normalized spacial score (nSPS) is 12.4. The van der Waals surface area contributed by atoms with Gasteiger partial charge in [0.1, 0.15) is 0 Å². The van der Waals surface area contributed by atoms with Crippen LogP contribution in [-0.4, -0.2) is 32.7 Å². The van der Waals surface area contributed by atoms with Gasteiger partial charge in [-0.2, -0.15) is 5.10 Å². The van der Waals surface area contributed by atoms with Crippen molar-refractivity contribution in [2.75, 3.05) is 5.43 Å². The van der Waals surface area contributed by atoms with Gasteiger partial charge in [-0.1, -0.05) is 54.6 Å². The largest absolute Gasteiger partial charge is 0.289 e. The predicted octanol–water partition coefficient (Wildman–Crippen LogP) is 5.43. The van der Waals surface area contributed by atoms with Gasteiger partial charge in [0.05, 0.1) is 22.2 Å². The lowest BCUT2D eigenvalue weighted by Crippen LogP contribution is -2.21. The third kappa shape index (κ3) is 3.88. The number of nitrogens with zero attached hydrogens (tertiary/aromatic N) is 4. The van der Waals surface area contributed by atoms with E-state index >= 15 is 0 Å². The Labute approximate surface area is 215 Å². The summed E-state index contributed by atoms with van der Waals surface area (Å²) >= 11 is 0. The molecule has 0 saturated carbocycles. The van der Waals surface area contributed by atoms with Crippen LogP contribution in [0.15, 0.2) is 96.1 Å². The zero-order valence-electron chi connectivity index (χ0n) is 19.7. The maximum Gasteiger partial charge on any atom is 0.269 e. The van der Waals surface area contributed by atoms with Gasteiger partial charge < -0.3 is 0 Å².